The smallest absolute Gasteiger partial charge is 0.265 e. The first-order chi connectivity index (χ1) is 15.0. The summed E-state index contributed by atoms with van der Waals surface area (Å²) in [5.74, 6) is 1.69. The third kappa shape index (κ3) is 5.69. The summed E-state index contributed by atoms with van der Waals surface area (Å²) >= 11 is 0. The summed E-state index contributed by atoms with van der Waals surface area (Å²) in [6.07, 6.45) is 0. The van der Waals surface area contributed by atoms with Crippen molar-refractivity contribution >= 4 is 17.3 Å². The van der Waals surface area contributed by atoms with Crippen molar-refractivity contribution in [3.63, 3.8) is 0 Å². The molecule has 1 amide bonds. The van der Waals surface area contributed by atoms with Gasteiger partial charge < -0.3 is 24.0 Å². The topological polar surface area (TPSA) is 51.2 Å². The lowest BCUT2D eigenvalue weighted by Crippen LogP contribution is -2.34. The van der Waals surface area contributed by atoms with Gasteiger partial charge in [0.25, 0.3) is 5.91 Å². The molecule has 31 heavy (non-hydrogen) atoms. The van der Waals surface area contributed by atoms with Crippen LogP contribution in [0.1, 0.15) is 5.56 Å². The standard InChI is InChI=1S/C25H28N2O4/c1-26(2)20-11-9-19(10-12-20)17-27(21-13-15-22(29-3)16-14-21)25(28)18-31-24-8-6-5-7-23(24)30-4/h5-16H,17-18H2,1-4H3. The summed E-state index contributed by atoms with van der Waals surface area (Å²) in [5, 5.41) is 0. The first kappa shape index (κ1) is 22.0. The highest BCUT2D eigenvalue weighted by Gasteiger charge is 2.18. The van der Waals surface area contributed by atoms with Gasteiger partial charge in [-0.05, 0) is 54.1 Å². The number of amides is 1. The van der Waals surface area contributed by atoms with Gasteiger partial charge in [0, 0.05) is 25.5 Å². The molecule has 0 aromatic heterocycles. The van der Waals surface area contributed by atoms with Gasteiger partial charge in [-0.3, -0.25) is 4.79 Å². The zero-order valence-electron chi connectivity index (χ0n) is 18.4. The Morgan fingerprint density at radius 1 is 0.774 bits per heavy atom. The number of para-hydroxylation sites is 2. The Kier molecular flexibility index (Phi) is 7.38. The molecule has 0 unspecified atom stereocenters. The molecule has 162 valence electrons. The van der Waals surface area contributed by atoms with E-state index in [4.69, 9.17) is 14.2 Å². The van der Waals surface area contributed by atoms with Crippen molar-refractivity contribution in [1.82, 2.24) is 0 Å². The molecule has 0 N–H and O–H groups in total. The molecule has 0 spiro atoms. The summed E-state index contributed by atoms with van der Waals surface area (Å²) in [7, 11) is 7.19. The maximum atomic E-state index is 13.2. The summed E-state index contributed by atoms with van der Waals surface area (Å²) in [6.45, 7) is 0.316. The van der Waals surface area contributed by atoms with E-state index < -0.39 is 0 Å². The number of ether oxygens (including phenoxy) is 3. The summed E-state index contributed by atoms with van der Waals surface area (Å²) in [6, 6.07) is 22.8. The second-order valence-corrected chi connectivity index (χ2v) is 7.18. The molecule has 3 rings (SSSR count). The van der Waals surface area contributed by atoms with E-state index in [2.05, 4.69) is 0 Å². The van der Waals surface area contributed by atoms with Gasteiger partial charge in [-0.2, -0.15) is 0 Å². The molecule has 3 aromatic rings. The molecule has 6 nitrogen and oxygen atoms in total. The first-order valence-corrected chi connectivity index (χ1v) is 9.98. The van der Waals surface area contributed by atoms with Crippen LogP contribution in [0.5, 0.6) is 17.2 Å². The monoisotopic (exact) mass is 420 g/mol. The van der Waals surface area contributed by atoms with Gasteiger partial charge in [0.05, 0.1) is 20.8 Å². The van der Waals surface area contributed by atoms with Crippen LogP contribution in [0.4, 0.5) is 11.4 Å². The van der Waals surface area contributed by atoms with Gasteiger partial charge in [0.15, 0.2) is 18.1 Å². The summed E-state index contributed by atoms with van der Waals surface area (Å²) < 4.78 is 16.3. The van der Waals surface area contributed by atoms with Gasteiger partial charge in [-0.25, -0.2) is 0 Å². The van der Waals surface area contributed by atoms with Gasteiger partial charge in [-0.15, -0.1) is 0 Å². The Morgan fingerprint density at radius 3 is 1.97 bits per heavy atom. The van der Waals surface area contributed by atoms with Crippen molar-refractivity contribution in [2.75, 3.05) is 44.7 Å². The predicted octanol–water partition coefficient (Wildman–Crippen LogP) is 4.38. The number of hydrogen-bond donors (Lipinski definition) is 0. The number of rotatable bonds is 9. The van der Waals surface area contributed by atoms with Crippen LogP contribution in [-0.2, 0) is 11.3 Å². The van der Waals surface area contributed by atoms with Crippen LogP contribution in [0, 0.1) is 0 Å². The second-order valence-electron chi connectivity index (χ2n) is 7.18. The maximum Gasteiger partial charge on any atom is 0.265 e. The molecule has 6 heteroatoms. The minimum absolute atomic E-state index is 0.109. The normalized spacial score (nSPS) is 10.3. The fourth-order valence-corrected chi connectivity index (χ4v) is 3.12. The van der Waals surface area contributed by atoms with Gasteiger partial charge in [0.1, 0.15) is 5.75 Å². The highest BCUT2D eigenvalue weighted by atomic mass is 16.5. The molecule has 0 fully saturated rings. The average Bonchev–Trinajstić information content (AvgIpc) is 2.81. The predicted molar refractivity (Wildman–Crippen MR) is 123 cm³/mol. The molecular formula is C25H28N2O4. The Balaban J connectivity index is 1.81. The van der Waals surface area contributed by atoms with E-state index in [0.717, 1.165) is 22.7 Å². The van der Waals surface area contributed by atoms with E-state index >= 15 is 0 Å². The molecule has 0 aliphatic rings. The molecule has 0 heterocycles. The molecular weight excluding hydrogens is 392 g/mol. The van der Waals surface area contributed by atoms with Gasteiger partial charge >= 0.3 is 0 Å². The van der Waals surface area contributed by atoms with Crippen LogP contribution in [0.15, 0.2) is 72.8 Å². The number of anilines is 2. The van der Waals surface area contributed by atoms with E-state index in [1.807, 2.05) is 79.7 Å². The summed E-state index contributed by atoms with van der Waals surface area (Å²) in [5.41, 5.74) is 2.89. The van der Waals surface area contributed by atoms with Crippen LogP contribution in [-0.4, -0.2) is 40.8 Å². The molecule has 0 radical (unpaired) electrons. The van der Waals surface area contributed by atoms with Crippen LogP contribution in [0.3, 0.4) is 0 Å². The molecule has 0 saturated carbocycles. The number of benzene rings is 3. The van der Waals surface area contributed by atoms with Crippen LogP contribution in [0.25, 0.3) is 0 Å². The van der Waals surface area contributed by atoms with E-state index in [0.29, 0.717) is 18.0 Å². The summed E-state index contributed by atoms with van der Waals surface area (Å²) in [4.78, 5) is 16.9. The molecule has 0 atom stereocenters. The lowest BCUT2D eigenvalue weighted by Gasteiger charge is -2.24. The zero-order valence-corrected chi connectivity index (χ0v) is 18.4. The minimum atomic E-state index is -0.159. The highest BCUT2D eigenvalue weighted by Crippen LogP contribution is 2.27. The second kappa shape index (κ2) is 10.4. The lowest BCUT2D eigenvalue weighted by molar-refractivity contribution is -0.120. The Morgan fingerprint density at radius 2 is 1.39 bits per heavy atom. The van der Waals surface area contributed by atoms with E-state index in [9.17, 15) is 4.79 Å². The molecule has 0 bridgehead atoms. The lowest BCUT2D eigenvalue weighted by atomic mass is 10.1. The highest BCUT2D eigenvalue weighted by molar-refractivity contribution is 5.94. The van der Waals surface area contributed by atoms with E-state index in [1.54, 1.807) is 31.3 Å². The first-order valence-electron chi connectivity index (χ1n) is 9.98. The number of methoxy groups -OCH3 is 2. The fourth-order valence-electron chi connectivity index (χ4n) is 3.12. The van der Waals surface area contributed by atoms with Crippen molar-refractivity contribution in [2.45, 2.75) is 6.54 Å². The largest absolute Gasteiger partial charge is 0.497 e. The van der Waals surface area contributed by atoms with Crippen molar-refractivity contribution < 1.29 is 19.0 Å². The van der Waals surface area contributed by atoms with Crippen molar-refractivity contribution in [3.05, 3.63) is 78.4 Å². The molecule has 0 aliphatic carbocycles. The Bertz CT molecular complexity index is 985. The number of hydrogen-bond acceptors (Lipinski definition) is 5. The molecule has 0 saturated heterocycles. The number of carbonyl (C=O) groups excluding carboxylic acids is 1. The average molecular weight is 421 g/mol. The van der Waals surface area contributed by atoms with Crippen LogP contribution >= 0.6 is 0 Å². The maximum absolute atomic E-state index is 13.2. The van der Waals surface area contributed by atoms with E-state index in [-0.39, 0.29) is 12.5 Å². The fraction of sp³-hybridized carbons (Fsp3) is 0.240. The quantitative estimate of drug-likeness (QED) is 0.514. The molecule has 3 aromatic carbocycles. The van der Waals surface area contributed by atoms with Gasteiger partial charge in [0.2, 0.25) is 0 Å². The Hall–Kier alpha value is -3.67. The van der Waals surface area contributed by atoms with Crippen molar-refractivity contribution in [3.8, 4) is 17.2 Å². The van der Waals surface area contributed by atoms with E-state index in [1.165, 1.54) is 0 Å². The third-order valence-electron chi connectivity index (χ3n) is 4.90. The number of nitrogens with zero attached hydrogens (tertiary/aromatic N) is 2. The van der Waals surface area contributed by atoms with Crippen LogP contribution < -0.4 is 24.0 Å². The minimum Gasteiger partial charge on any atom is -0.497 e. The van der Waals surface area contributed by atoms with Crippen molar-refractivity contribution in [1.29, 1.82) is 0 Å². The zero-order chi connectivity index (χ0) is 22.2. The number of carbonyl (C=O) groups is 1. The van der Waals surface area contributed by atoms with Gasteiger partial charge in [-0.1, -0.05) is 24.3 Å². The van der Waals surface area contributed by atoms with Crippen LogP contribution in [0.2, 0.25) is 0 Å². The Labute approximate surface area is 183 Å². The molecule has 0 aliphatic heterocycles. The van der Waals surface area contributed by atoms with Crippen molar-refractivity contribution in [2.24, 2.45) is 0 Å². The third-order valence-corrected chi connectivity index (χ3v) is 4.90. The SMILES string of the molecule is COc1ccc(N(Cc2ccc(N(C)C)cc2)C(=O)COc2ccccc2OC)cc1.